The van der Waals surface area contributed by atoms with Crippen molar-refractivity contribution in [1.29, 1.82) is 0 Å². The Morgan fingerprint density at radius 1 is 1.07 bits per heavy atom. The first-order chi connectivity index (χ1) is 12.1. The summed E-state index contributed by atoms with van der Waals surface area (Å²) >= 11 is 0. The van der Waals surface area contributed by atoms with Crippen LogP contribution in [-0.2, 0) is 0 Å². The molecule has 0 aliphatic carbocycles. The molecule has 7 heteroatoms. The number of halogens is 1. The number of aromatic nitrogens is 3. The highest BCUT2D eigenvalue weighted by molar-refractivity contribution is 5.92. The number of nitrogens with one attached hydrogen (secondary N) is 2. The van der Waals surface area contributed by atoms with Gasteiger partial charge in [-0.3, -0.25) is 0 Å². The van der Waals surface area contributed by atoms with E-state index in [0.717, 1.165) is 46.6 Å². The van der Waals surface area contributed by atoms with Crippen LogP contribution in [0.25, 0.3) is 22.2 Å². The maximum Gasteiger partial charge on any atom is 0.132 e. The Hall–Kier alpha value is -2.15. The van der Waals surface area contributed by atoms with Crippen molar-refractivity contribution in [3.05, 3.63) is 42.5 Å². The summed E-state index contributed by atoms with van der Waals surface area (Å²) < 4.78 is 5.25. The van der Waals surface area contributed by atoms with Crippen molar-refractivity contribution in [2.24, 2.45) is 0 Å². The Labute approximate surface area is 165 Å². The van der Waals surface area contributed by atoms with Crippen molar-refractivity contribution in [1.82, 2.24) is 20.3 Å². The fourth-order valence-corrected chi connectivity index (χ4v) is 3.89. The van der Waals surface area contributed by atoms with Gasteiger partial charge in [0.05, 0.1) is 24.3 Å². The third kappa shape index (κ3) is 4.24. The summed E-state index contributed by atoms with van der Waals surface area (Å²) in [6.07, 6.45) is 6.09. The van der Waals surface area contributed by atoms with Crippen LogP contribution in [-0.4, -0.2) is 39.6 Å². The van der Waals surface area contributed by atoms with E-state index >= 15 is 0 Å². The van der Waals surface area contributed by atoms with Crippen molar-refractivity contribution >= 4 is 23.4 Å². The number of nitrogens with zero attached hydrogens (tertiary/aromatic N) is 2. The average Bonchev–Trinajstić information content (AvgIpc) is 3.04. The van der Waals surface area contributed by atoms with E-state index in [-0.39, 0.29) is 17.9 Å². The van der Waals surface area contributed by atoms with Crippen LogP contribution >= 0.6 is 12.4 Å². The summed E-state index contributed by atoms with van der Waals surface area (Å²) in [6, 6.07) is 9.09. The molecule has 0 saturated carbocycles. The minimum Gasteiger partial charge on any atom is -0.497 e. The highest BCUT2D eigenvalue weighted by atomic mass is 35.5. The van der Waals surface area contributed by atoms with Gasteiger partial charge in [0.25, 0.3) is 0 Å². The summed E-state index contributed by atoms with van der Waals surface area (Å²) in [6.45, 7) is 4.47. The van der Waals surface area contributed by atoms with Gasteiger partial charge in [0.2, 0.25) is 0 Å². The van der Waals surface area contributed by atoms with Gasteiger partial charge in [-0.1, -0.05) is 12.1 Å². The van der Waals surface area contributed by atoms with E-state index in [1.807, 2.05) is 24.5 Å². The van der Waals surface area contributed by atoms with Crippen LogP contribution in [0, 0.1) is 0 Å². The van der Waals surface area contributed by atoms with Crippen LogP contribution in [0.1, 0.15) is 38.4 Å². The first-order valence-electron chi connectivity index (χ1n) is 8.88. The summed E-state index contributed by atoms with van der Waals surface area (Å²) in [5.74, 6) is 2.23. The van der Waals surface area contributed by atoms with Gasteiger partial charge in [-0.2, -0.15) is 0 Å². The molecule has 0 spiro atoms. The Balaban J connectivity index is 0.00000131. The third-order valence-electron chi connectivity index (χ3n) is 5.05. The lowest BCUT2D eigenvalue weighted by molar-refractivity contribution is 0.310. The molecule has 2 unspecified atom stereocenters. The summed E-state index contributed by atoms with van der Waals surface area (Å²) in [4.78, 5) is 12.9. The molecule has 0 radical (unpaired) electrons. The Morgan fingerprint density at radius 3 is 2.37 bits per heavy atom. The van der Waals surface area contributed by atoms with E-state index in [1.165, 1.54) is 0 Å². The molecule has 1 aromatic carbocycles. The molecule has 4 N–H and O–H groups in total. The van der Waals surface area contributed by atoms with E-state index in [0.29, 0.717) is 18.0 Å². The maximum atomic E-state index is 5.25. The molecule has 1 aliphatic rings. The van der Waals surface area contributed by atoms with Crippen LogP contribution in [0.4, 0.5) is 0 Å². The summed E-state index contributed by atoms with van der Waals surface area (Å²) in [5, 5.41) is 3.59. The number of hydrogen-bond donors (Lipinski definition) is 2. The summed E-state index contributed by atoms with van der Waals surface area (Å²) in [7, 11) is 1.68. The molecule has 6 nitrogen and oxygen atoms in total. The van der Waals surface area contributed by atoms with Gasteiger partial charge in [-0.15, -0.1) is 12.4 Å². The highest BCUT2D eigenvalue weighted by Gasteiger charge is 2.26. The van der Waals surface area contributed by atoms with Crippen LogP contribution in [0.3, 0.4) is 0 Å². The molecule has 0 amide bonds. The molecule has 2 aromatic heterocycles. The summed E-state index contributed by atoms with van der Waals surface area (Å²) in [5.41, 5.74) is 4.21. The Morgan fingerprint density at radius 2 is 1.74 bits per heavy atom. The third-order valence-corrected chi connectivity index (χ3v) is 5.05. The number of methoxy groups -OCH3 is 1. The minimum absolute atomic E-state index is 0. The van der Waals surface area contributed by atoms with Gasteiger partial charge >= 0.3 is 0 Å². The zero-order chi connectivity index (χ0) is 17.4. The van der Waals surface area contributed by atoms with Gasteiger partial charge in [-0.05, 0) is 44.4 Å². The molecule has 0 bridgehead atoms. The SMILES string of the molecule is COc1ccc(-c2c[nH]c3cnc(C4CC(C)NC(C)C4)nc23)cc1.Cl.O. The first-order valence-corrected chi connectivity index (χ1v) is 8.88. The monoisotopic (exact) mass is 390 g/mol. The quantitative estimate of drug-likeness (QED) is 0.715. The number of aromatic amines is 1. The van der Waals surface area contributed by atoms with Crippen molar-refractivity contribution in [3.8, 4) is 16.9 Å². The molecule has 1 aliphatic heterocycles. The lowest BCUT2D eigenvalue weighted by Crippen LogP contribution is -2.41. The number of rotatable bonds is 3. The smallest absolute Gasteiger partial charge is 0.132 e. The molecule has 4 rings (SSSR count). The zero-order valence-electron chi connectivity index (χ0n) is 15.8. The second-order valence-electron chi connectivity index (χ2n) is 7.06. The Bertz CT molecular complexity index is 871. The zero-order valence-corrected chi connectivity index (χ0v) is 16.6. The van der Waals surface area contributed by atoms with Crippen molar-refractivity contribution in [2.45, 2.75) is 44.7 Å². The van der Waals surface area contributed by atoms with Crippen molar-refractivity contribution < 1.29 is 10.2 Å². The van der Waals surface area contributed by atoms with Gasteiger partial charge in [0, 0.05) is 29.8 Å². The van der Waals surface area contributed by atoms with Crippen LogP contribution in [0.15, 0.2) is 36.7 Å². The minimum atomic E-state index is 0. The van der Waals surface area contributed by atoms with E-state index in [1.54, 1.807) is 7.11 Å². The first kappa shape index (κ1) is 21.2. The molecule has 3 heterocycles. The largest absolute Gasteiger partial charge is 0.497 e. The predicted molar refractivity (Wildman–Crippen MR) is 111 cm³/mol. The van der Waals surface area contributed by atoms with E-state index in [2.05, 4.69) is 41.3 Å². The van der Waals surface area contributed by atoms with Crippen LogP contribution < -0.4 is 10.1 Å². The highest BCUT2D eigenvalue weighted by Crippen LogP contribution is 2.32. The maximum absolute atomic E-state index is 5.25. The molecule has 1 saturated heterocycles. The number of H-pyrrole nitrogens is 1. The normalized spacial score (nSPS) is 22.0. The number of piperidine rings is 1. The molecular formula is C20H27ClN4O2. The fraction of sp³-hybridized carbons (Fsp3) is 0.400. The number of hydrogen-bond acceptors (Lipinski definition) is 4. The Kier molecular flexibility index (Phi) is 6.81. The molecule has 2 atom stereocenters. The van der Waals surface area contributed by atoms with Gasteiger partial charge in [0.15, 0.2) is 0 Å². The lowest BCUT2D eigenvalue weighted by Gasteiger charge is -2.32. The second kappa shape index (κ2) is 8.69. The van der Waals surface area contributed by atoms with Crippen LogP contribution in [0.5, 0.6) is 5.75 Å². The fourth-order valence-electron chi connectivity index (χ4n) is 3.89. The number of fused-ring (bicyclic) bond motifs is 1. The van der Waals surface area contributed by atoms with Crippen LogP contribution in [0.2, 0.25) is 0 Å². The number of benzene rings is 1. The van der Waals surface area contributed by atoms with Gasteiger partial charge < -0.3 is 20.5 Å². The molecule has 27 heavy (non-hydrogen) atoms. The molecular weight excluding hydrogens is 364 g/mol. The van der Waals surface area contributed by atoms with Crippen molar-refractivity contribution in [3.63, 3.8) is 0 Å². The van der Waals surface area contributed by atoms with E-state index in [9.17, 15) is 0 Å². The predicted octanol–water partition coefficient (Wildman–Crippen LogP) is 3.47. The molecule has 3 aromatic rings. The van der Waals surface area contributed by atoms with E-state index in [4.69, 9.17) is 9.72 Å². The number of ether oxygens (including phenoxy) is 1. The van der Waals surface area contributed by atoms with Crippen molar-refractivity contribution in [2.75, 3.05) is 7.11 Å². The van der Waals surface area contributed by atoms with E-state index < -0.39 is 0 Å². The van der Waals surface area contributed by atoms with Gasteiger partial charge in [0.1, 0.15) is 11.6 Å². The standard InChI is InChI=1S/C20H24N4O.ClH.H2O/c1-12-8-15(9-13(2)23-12)20-22-11-18-19(24-20)17(10-21-18)14-4-6-16(25-3)7-5-14;;/h4-7,10-13,15,21,23H,8-9H2,1-3H3;1H;1H2. The molecule has 1 fully saturated rings. The average molecular weight is 391 g/mol. The lowest BCUT2D eigenvalue weighted by atomic mass is 9.88. The molecule has 146 valence electrons. The van der Waals surface area contributed by atoms with Gasteiger partial charge in [-0.25, -0.2) is 9.97 Å². The topological polar surface area (TPSA) is 94.3 Å². The second-order valence-corrected chi connectivity index (χ2v) is 7.06.